The molecule has 1 aromatic carbocycles. The Morgan fingerprint density at radius 2 is 1.64 bits per heavy atom. The second-order valence-corrected chi connectivity index (χ2v) is 8.71. The molecular weight excluding hydrogens is 420 g/mol. The Balaban J connectivity index is 1.45. The minimum absolute atomic E-state index is 0.00456. The monoisotopic (exact) mass is 460 g/mol. The number of hydrogen-bond donors (Lipinski definition) is 1. The quantitative estimate of drug-likeness (QED) is 0.511. The highest BCUT2D eigenvalue weighted by molar-refractivity contribution is 5.94. The van der Waals surface area contributed by atoms with Crippen LogP contribution in [0, 0.1) is 0 Å². The SMILES string of the molecule is CCOc1cc(C(=O)NCCCN2CCN(CC)CC2)ccc1OCC(=O)N1CCCCC1. The number of rotatable bonds is 11. The number of nitrogens with zero attached hydrogens (tertiary/aromatic N) is 3. The first-order chi connectivity index (χ1) is 16.1. The first kappa shape index (κ1) is 25.3. The zero-order valence-corrected chi connectivity index (χ0v) is 20.3. The van der Waals surface area contributed by atoms with Gasteiger partial charge in [-0.3, -0.25) is 9.59 Å². The van der Waals surface area contributed by atoms with Gasteiger partial charge in [0.1, 0.15) is 0 Å². The highest BCUT2D eigenvalue weighted by Crippen LogP contribution is 2.28. The van der Waals surface area contributed by atoms with E-state index in [0.717, 1.165) is 71.6 Å². The van der Waals surface area contributed by atoms with Crippen molar-refractivity contribution in [3.8, 4) is 11.5 Å². The number of benzene rings is 1. The van der Waals surface area contributed by atoms with Crippen molar-refractivity contribution in [2.45, 2.75) is 39.5 Å². The lowest BCUT2D eigenvalue weighted by atomic mass is 10.1. The molecule has 2 aliphatic rings. The number of nitrogens with one attached hydrogen (secondary N) is 1. The third-order valence-corrected chi connectivity index (χ3v) is 6.41. The molecule has 8 nitrogen and oxygen atoms in total. The number of likely N-dealkylation sites (N-methyl/N-ethyl adjacent to an activating group) is 1. The zero-order valence-electron chi connectivity index (χ0n) is 20.3. The molecule has 2 fully saturated rings. The third-order valence-electron chi connectivity index (χ3n) is 6.41. The van der Waals surface area contributed by atoms with Gasteiger partial charge in [0.25, 0.3) is 11.8 Å². The molecular formula is C25H40N4O4. The molecule has 2 aliphatic heterocycles. The molecule has 184 valence electrons. The molecule has 1 N–H and O–H groups in total. The summed E-state index contributed by atoms with van der Waals surface area (Å²) in [5.74, 6) is 0.855. The van der Waals surface area contributed by atoms with Crippen LogP contribution in [0.15, 0.2) is 18.2 Å². The van der Waals surface area contributed by atoms with Gasteiger partial charge in [-0.1, -0.05) is 6.92 Å². The predicted molar refractivity (Wildman–Crippen MR) is 129 cm³/mol. The first-order valence-electron chi connectivity index (χ1n) is 12.5. The van der Waals surface area contributed by atoms with Crippen molar-refractivity contribution in [1.29, 1.82) is 0 Å². The molecule has 0 bridgehead atoms. The molecule has 0 spiro atoms. The van der Waals surface area contributed by atoms with Gasteiger partial charge in [-0.2, -0.15) is 0 Å². The van der Waals surface area contributed by atoms with Crippen LogP contribution < -0.4 is 14.8 Å². The van der Waals surface area contributed by atoms with Crippen LogP contribution in [0.3, 0.4) is 0 Å². The van der Waals surface area contributed by atoms with Gasteiger partial charge in [-0.25, -0.2) is 0 Å². The number of hydrogen-bond acceptors (Lipinski definition) is 6. The van der Waals surface area contributed by atoms with Gasteiger partial charge < -0.3 is 29.5 Å². The lowest BCUT2D eigenvalue weighted by Gasteiger charge is -2.33. The molecule has 8 heteroatoms. The van der Waals surface area contributed by atoms with Gasteiger partial charge in [-0.05, 0) is 63.9 Å². The minimum atomic E-state index is -0.123. The summed E-state index contributed by atoms with van der Waals surface area (Å²) in [5.41, 5.74) is 0.532. The fourth-order valence-electron chi connectivity index (χ4n) is 4.35. The molecule has 33 heavy (non-hydrogen) atoms. The third kappa shape index (κ3) is 7.89. The first-order valence-corrected chi connectivity index (χ1v) is 12.5. The number of piperidine rings is 1. The lowest BCUT2D eigenvalue weighted by molar-refractivity contribution is -0.134. The summed E-state index contributed by atoms with van der Waals surface area (Å²) >= 11 is 0. The topological polar surface area (TPSA) is 74.4 Å². The summed E-state index contributed by atoms with van der Waals surface area (Å²) < 4.78 is 11.5. The van der Waals surface area contributed by atoms with Gasteiger partial charge >= 0.3 is 0 Å². The second kappa shape index (κ2) is 13.4. The van der Waals surface area contributed by atoms with Gasteiger partial charge in [-0.15, -0.1) is 0 Å². The summed E-state index contributed by atoms with van der Waals surface area (Å²) in [6, 6.07) is 5.14. The fraction of sp³-hybridized carbons (Fsp3) is 0.680. The number of carbonyl (C=O) groups excluding carboxylic acids is 2. The summed E-state index contributed by atoms with van der Waals surface area (Å²) in [6.45, 7) is 13.3. The van der Waals surface area contributed by atoms with E-state index < -0.39 is 0 Å². The number of likely N-dealkylation sites (tertiary alicyclic amines) is 1. The highest BCUT2D eigenvalue weighted by atomic mass is 16.5. The van der Waals surface area contributed by atoms with E-state index in [-0.39, 0.29) is 18.4 Å². The van der Waals surface area contributed by atoms with Crippen LogP contribution in [0.5, 0.6) is 11.5 Å². The number of ether oxygens (including phenoxy) is 2. The average Bonchev–Trinajstić information content (AvgIpc) is 2.86. The van der Waals surface area contributed by atoms with Crippen molar-refractivity contribution < 1.29 is 19.1 Å². The molecule has 0 saturated carbocycles. The van der Waals surface area contributed by atoms with Crippen LogP contribution in [0.1, 0.15) is 49.9 Å². The van der Waals surface area contributed by atoms with Crippen molar-refractivity contribution in [3.63, 3.8) is 0 Å². The summed E-state index contributed by atoms with van der Waals surface area (Å²) in [7, 11) is 0. The smallest absolute Gasteiger partial charge is 0.260 e. The highest BCUT2D eigenvalue weighted by Gasteiger charge is 2.19. The lowest BCUT2D eigenvalue weighted by Crippen LogP contribution is -2.46. The van der Waals surface area contributed by atoms with Gasteiger partial charge in [0.05, 0.1) is 6.61 Å². The maximum Gasteiger partial charge on any atom is 0.260 e. The zero-order chi connectivity index (χ0) is 23.5. The van der Waals surface area contributed by atoms with Gasteiger partial charge in [0, 0.05) is 51.4 Å². The van der Waals surface area contributed by atoms with E-state index in [4.69, 9.17) is 9.47 Å². The van der Waals surface area contributed by atoms with Crippen LogP contribution in [0.4, 0.5) is 0 Å². The molecule has 0 radical (unpaired) electrons. The minimum Gasteiger partial charge on any atom is -0.490 e. The average molecular weight is 461 g/mol. The Bertz CT molecular complexity index is 759. The van der Waals surface area contributed by atoms with Crippen molar-refractivity contribution in [1.82, 2.24) is 20.0 Å². The van der Waals surface area contributed by atoms with Crippen LogP contribution in [-0.4, -0.2) is 98.6 Å². The maximum absolute atomic E-state index is 12.6. The molecule has 0 aliphatic carbocycles. The molecule has 0 atom stereocenters. The predicted octanol–water partition coefficient (Wildman–Crippen LogP) is 2.23. The van der Waals surface area contributed by atoms with Crippen molar-refractivity contribution in [3.05, 3.63) is 23.8 Å². The molecule has 1 aromatic rings. The largest absolute Gasteiger partial charge is 0.490 e. The summed E-state index contributed by atoms with van der Waals surface area (Å²) in [5, 5.41) is 3.01. The van der Waals surface area contributed by atoms with Crippen molar-refractivity contribution in [2.75, 3.05) is 72.1 Å². The van der Waals surface area contributed by atoms with E-state index in [1.165, 1.54) is 6.42 Å². The van der Waals surface area contributed by atoms with Crippen molar-refractivity contribution in [2.24, 2.45) is 0 Å². The number of piperazine rings is 1. The van der Waals surface area contributed by atoms with Crippen LogP contribution in [0.25, 0.3) is 0 Å². The maximum atomic E-state index is 12.6. The van der Waals surface area contributed by atoms with Gasteiger partial charge in [0.15, 0.2) is 18.1 Å². The Morgan fingerprint density at radius 1 is 0.909 bits per heavy atom. The molecule has 3 rings (SSSR count). The van der Waals surface area contributed by atoms with E-state index in [1.807, 2.05) is 11.8 Å². The Hall–Kier alpha value is -2.32. The molecule has 2 amide bonds. The fourth-order valence-corrected chi connectivity index (χ4v) is 4.35. The van der Waals surface area contributed by atoms with E-state index >= 15 is 0 Å². The van der Waals surface area contributed by atoms with E-state index in [9.17, 15) is 9.59 Å². The van der Waals surface area contributed by atoms with Gasteiger partial charge in [0.2, 0.25) is 0 Å². The van der Waals surface area contributed by atoms with E-state index in [2.05, 4.69) is 22.0 Å². The van der Waals surface area contributed by atoms with E-state index in [0.29, 0.717) is 30.2 Å². The normalized spacial score (nSPS) is 17.6. The Kier molecular flexibility index (Phi) is 10.3. The Labute approximate surface area is 198 Å². The van der Waals surface area contributed by atoms with Crippen LogP contribution >= 0.6 is 0 Å². The Morgan fingerprint density at radius 3 is 2.33 bits per heavy atom. The van der Waals surface area contributed by atoms with E-state index in [1.54, 1.807) is 18.2 Å². The molecule has 2 heterocycles. The number of carbonyl (C=O) groups is 2. The molecule has 0 unspecified atom stereocenters. The summed E-state index contributed by atoms with van der Waals surface area (Å²) in [4.78, 5) is 31.8. The second-order valence-electron chi connectivity index (χ2n) is 8.71. The summed E-state index contributed by atoms with van der Waals surface area (Å²) in [6.07, 6.45) is 4.21. The van der Waals surface area contributed by atoms with Crippen molar-refractivity contribution >= 4 is 11.8 Å². The van der Waals surface area contributed by atoms with Crippen LogP contribution in [0.2, 0.25) is 0 Å². The molecule has 0 aromatic heterocycles. The molecule has 2 saturated heterocycles. The number of amides is 2. The standard InChI is InChI=1S/C25H40N4O4/c1-3-27-15-17-28(18-16-27)12-8-11-26-25(31)21-9-10-22(23(19-21)32-4-2)33-20-24(30)29-13-6-5-7-14-29/h9-10,19H,3-8,11-18,20H2,1-2H3,(H,26,31). The van der Waals surface area contributed by atoms with Crippen LogP contribution in [-0.2, 0) is 4.79 Å².